The van der Waals surface area contributed by atoms with Gasteiger partial charge in [0.25, 0.3) is 0 Å². The summed E-state index contributed by atoms with van der Waals surface area (Å²) in [6.07, 6.45) is 3.60. The first-order valence-corrected chi connectivity index (χ1v) is 8.06. The monoisotopic (exact) mass is 291 g/mol. The van der Waals surface area contributed by atoms with Crippen LogP contribution in [0.2, 0.25) is 0 Å². The van der Waals surface area contributed by atoms with Gasteiger partial charge >= 0.3 is 0 Å². The van der Waals surface area contributed by atoms with E-state index in [1.807, 2.05) is 6.92 Å². The maximum Gasteiger partial charge on any atom is 0.132 e. The molecule has 1 aromatic rings. The lowest BCUT2D eigenvalue weighted by Gasteiger charge is -2.37. The van der Waals surface area contributed by atoms with Crippen molar-refractivity contribution in [2.24, 2.45) is 5.92 Å². The SMILES string of the molecule is CCc1nc(C)cc(N2CCC[C@@H]2[C@@H]2COCC[C@H]2O)n1. The number of ether oxygens (including phenoxy) is 1. The first kappa shape index (κ1) is 14.7. The van der Waals surface area contributed by atoms with Gasteiger partial charge < -0.3 is 14.7 Å². The first-order valence-electron chi connectivity index (χ1n) is 8.06. The zero-order valence-corrected chi connectivity index (χ0v) is 13.0. The molecule has 0 radical (unpaired) electrons. The predicted octanol–water partition coefficient (Wildman–Crippen LogP) is 1.71. The van der Waals surface area contributed by atoms with Crippen LogP contribution in [0, 0.1) is 12.8 Å². The largest absolute Gasteiger partial charge is 0.393 e. The van der Waals surface area contributed by atoms with Gasteiger partial charge in [0.15, 0.2) is 0 Å². The first-order chi connectivity index (χ1) is 10.2. The maximum atomic E-state index is 10.3. The molecule has 21 heavy (non-hydrogen) atoms. The molecule has 116 valence electrons. The van der Waals surface area contributed by atoms with Crippen LogP contribution in [-0.2, 0) is 11.2 Å². The van der Waals surface area contributed by atoms with E-state index in [0.717, 1.165) is 49.6 Å². The number of nitrogens with zero attached hydrogens (tertiary/aromatic N) is 3. The summed E-state index contributed by atoms with van der Waals surface area (Å²) in [6, 6.07) is 2.40. The van der Waals surface area contributed by atoms with Crippen molar-refractivity contribution in [3.8, 4) is 0 Å². The van der Waals surface area contributed by atoms with E-state index < -0.39 is 0 Å². The number of aryl methyl sites for hydroxylation is 2. The van der Waals surface area contributed by atoms with Gasteiger partial charge in [0.2, 0.25) is 0 Å². The highest BCUT2D eigenvalue weighted by molar-refractivity contribution is 5.42. The molecule has 2 saturated heterocycles. The van der Waals surface area contributed by atoms with Crippen LogP contribution in [0.1, 0.15) is 37.7 Å². The second-order valence-electron chi connectivity index (χ2n) is 6.14. The summed E-state index contributed by atoms with van der Waals surface area (Å²) < 4.78 is 5.60. The summed E-state index contributed by atoms with van der Waals surface area (Å²) in [4.78, 5) is 11.5. The van der Waals surface area contributed by atoms with Crippen LogP contribution in [0.25, 0.3) is 0 Å². The van der Waals surface area contributed by atoms with Crippen LogP contribution < -0.4 is 4.90 Å². The van der Waals surface area contributed by atoms with Crippen molar-refractivity contribution in [1.82, 2.24) is 9.97 Å². The molecule has 5 nitrogen and oxygen atoms in total. The zero-order chi connectivity index (χ0) is 14.8. The van der Waals surface area contributed by atoms with Crippen LogP contribution in [0.15, 0.2) is 6.07 Å². The summed E-state index contributed by atoms with van der Waals surface area (Å²) in [5.74, 6) is 2.11. The van der Waals surface area contributed by atoms with Gasteiger partial charge in [-0.1, -0.05) is 6.92 Å². The number of aliphatic hydroxyl groups excluding tert-OH is 1. The maximum absolute atomic E-state index is 10.3. The summed E-state index contributed by atoms with van der Waals surface area (Å²) in [7, 11) is 0. The average Bonchev–Trinajstić information content (AvgIpc) is 2.96. The van der Waals surface area contributed by atoms with E-state index in [9.17, 15) is 5.11 Å². The number of aromatic nitrogens is 2. The van der Waals surface area contributed by atoms with E-state index in [-0.39, 0.29) is 12.0 Å². The molecule has 2 aliphatic heterocycles. The quantitative estimate of drug-likeness (QED) is 0.919. The molecule has 2 fully saturated rings. The van der Waals surface area contributed by atoms with Crippen molar-refractivity contribution < 1.29 is 9.84 Å². The Bertz CT molecular complexity index is 494. The predicted molar refractivity (Wildman–Crippen MR) is 81.4 cm³/mol. The van der Waals surface area contributed by atoms with Crippen LogP contribution in [-0.4, -0.2) is 47.0 Å². The molecule has 3 atom stereocenters. The minimum Gasteiger partial charge on any atom is -0.393 e. The van der Waals surface area contributed by atoms with E-state index in [4.69, 9.17) is 9.72 Å². The Morgan fingerprint density at radius 1 is 1.38 bits per heavy atom. The molecule has 0 bridgehead atoms. The van der Waals surface area contributed by atoms with Gasteiger partial charge in [0, 0.05) is 43.3 Å². The number of aliphatic hydroxyl groups is 1. The summed E-state index contributed by atoms with van der Waals surface area (Å²) in [5.41, 5.74) is 1.02. The van der Waals surface area contributed by atoms with Crippen LogP contribution in [0.4, 0.5) is 5.82 Å². The van der Waals surface area contributed by atoms with Gasteiger partial charge in [-0.2, -0.15) is 0 Å². The lowest BCUT2D eigenvalue weighted by Crippen LogP contribution is -2.46. The molecule has 0 spiro atoms. The Kier molecular flexibility index (Phi) is 4.40. The average molecular weight is 291 g/mol. The van der Waals surface area contributed by atoms with E-state index in [0.29, 0.717) is 19.3 Å². The van der Waals surface area contributed by atoms with Crippen molar-refractivity contribution in [3.05, 3.63) is 17.6 Å². The standard InChI is InChI=1S/C16H25N3O2/c1-3-15-17-11(2)9-16(18-15)19-7-4-5-13(19)12-10-21-8-6-14(12)20/h9,12-14,20H,3-8,10H2,1-2H3/t12-,13+,14+/m0/s1. The van der Waals surface area contributed by atoms with Crippen LogP contribution in [0.3, 0.4) is 0 Å². The molecule has 2 aliphatic rings. The lowest BCUT2D eigenvalue weighted by atomic mass is 9.89. The van der Waals surface area contributed by atoms with Gasteiger partial charge in [0.05, 0.1) is 12.7 Å². The summed E-state index contributed by atoms with van der Waals surface area (Å²) >= 11 is 0. The van der Waals surface area contributed by atoms with Crippen molar-refractivity contribution >= 4 is 5.82 Å². The van der Waals surface area contributed by atoms with Gasteiger partial charge in [-0.15, -0.1) is 0 Å². The number of anilines is 1. The minimum absolute atomic E-state index is 0.196. The third-order valence-electron chi connectivity index (χ3n) is 4.65. The van der Waals surface area contributed by atoms with Crippen molar-refractivity contribution in [2.45, 2.75) is 51.7 Å². The fourth-order valence-electron chi connectivity index (χ4n) is 3.56. The summed E-state index contributed by atoms with van der Waals surface area (Å²) in [5, 5.41) is 10.3. The van der Waals surface area contributed by atoms with E-state index in [1.54, 1.807) is 0 Å². The van der Waals surface area contributed by atoms with Crippen molar-refractivity contribution in [1.29, 1.82) is 0 Å². The molecular formula is C16H25N3O2. The molecule has 0 aromatic carbocycles. The lowest BCUT2D eigenvalue weighted by molar-refractivity contribution is -0.0438. The molecule has 0 aliphatic carbocycles. The second kappa shape index (κ2) is 6.28. The number of hydrogen-bond donors (Lipinski definition) is 1. The molecule has 0 amide bonds. The topological polar surface area (TPSA) is 58.5 Å². The second-order valence-corrected chi connectivity index (χ2v) is 6.14. The Hall–Kier alpha value is -1.20. The van der Waals surface area contributed by atoms with Gasteiger partial charge in [0.1, 0.15) is 11.6 Å². The Labute approximate surface area is 126 Å². The highest BCUT2D eigenvalue weighted by Gasteiger charge is 2.38. The van der Waals surface area contributed by atoms with Crippen molar-refractivity contribution in [3.63, 3.8) is 0 Å². The third kappa shape index (κ3) is 3.04. The fourth-order valence-corrected chi connectivity index (χ4v) is 3.56. The molecule has 3 rings (SSSR count). The highest BCUT2D eigenvalue weighted by atomic mass is 16.5. The number of hydrogen-bond acceptors (Lipinski definition) is 5. The Morgan fingerprint density at radius 3 is 3.00 bits per heavy atom. The van der Waals surface area contributed by atoms with Crippen LogP contribution in [0.5, 0.6) is 0 Å². The van der Waals surface area contributed by atoms with Gasteiger partial charge in [-0.3, -0.25) is 0 Å². The van der Waals surface area contributed by atoms with Gasteiger partial charge in [-0.05, 0) is 26.2 Å². The van der Waals surface area contributed by atoms with Crippen LogP contribution >= 0.6 is 0 Å². The number of rotatable bonds is 3. The molecule has 1 aromatic heterocycles. The molecule has 5 heteroatoms. The Morgan fingerprint density at radius 2 is 2.24 bits per heavy atom. The smallest absolute Gasteiger partial charge is 0.132 e. The van der Waals surface area contributed by atoms with E-state index >= 15 is 0 Å². The molecule has 0 saturated carbocycles. The minimum atomic E-state index is -0.252. The highest BCUT2D eigenvalue weighted by Crippen LogP contribution is 2.32. The molecule has 1 N–H and O–H groups in total. The Balaban J connectivity index is 1.84. The fraction of sp³-hybridized carbons (Fsp3) is 0.750. The molecule has 3 heterocycles. The van der Waals surface area contributed by atoms with E-state index in [2.05, 4.69) is 22.9 Å². The summed E-state index contributed by atoms with van der Waals surface area (Å²) in [6.45, 7) is 6.45. The third-order valence-corrected chi connectivity index (χ3v) is 4.65. The normalized spacial score (nSPS) is 29.9. The zero-order valence-electron chi connectivity index (χ0n) is 13.0. The van der Waals surface area contributed by atoms with E-state index in [1.165, 1.54) is 0 Å². The molecular weight excluding hydrogens is 266 g/mol. The van der Waals surface area contributed by atoms with Crippen molar-refractivity contribution in [2.75, 3.05) is 24.7 Å². The van der Waals surface area contributed by atoms with Gasteiger partial charge in [-0.25, -0.2) is 9.97 Å². The molecule has 0 unspecified atom stereocenters.